The summed E-state index contributed by atoms with van der Waals surface area (Å²) in [5.41, 5.74) is 1.47. The average Bonchev–Trinajstić information content (AvgIpc) is 2.94. The highest BCUT2D eigenvalue weighted by molar-refractivity contribution is 6.36. The van der Waals surface area contributed by atoms with Crippen molar-refractivity contribution in [2.75, 3.05) is 12.4 Å². The number of carbonyl (C=O) groups is 1. The first-order valence-corrected chi connectivity index (χ1v) is 7.08. The van der Waals surface area contributed by atoms with Crippen molar-refractivity contribution in [1.82, 2.24) is 20.2 Å². The van der Waals surface area contributed by atoms with E-state index in [1.165, 1.54) is 11.8 Å². The van der Waals surface area contributed by atoms with E-state index in [-0.39, 0.29) is 0 Å². The molecule has 1 aliphatic heterocycles. The molecule has 1 atom stereocenters. The number of carbonyl (C=O) groups excluding carboxylic acids is 1. The molecule has 7 nitrogen and oxygen atoms in total. The molecule has 0 amide bonds. The number of anilines is 1. The van der Waals surface area contributed by atoms with E-state index in [4.69, 9.17) is 27.9 Å². The van der Waals surface area contributed by atoms with Crippen LogP contribution in [0.5, 0.6) is 0 Å². The molecule has 1 aliphatic rings. The van der Waals surface area contributed by atoms with Gasteiger partial charge in [0.2, 0.25) is 5.95 Å². The summed E-state index contributed by atoms with van der Waals surface area (Å²) in [7, 11) is 1.31. The Morgan fingerprint density at radius 1 is 1.36 bits per heavy atom. The van der Waals surface area contributed by atoms with Gasteiger partial charge in [0.05, 0.1) is 12.7 Å². The highest BCUT2D eigenvalue weighted by atomic mass is 35.5. The van der Waals surface area contributed by atoms with E-state index in [1.807, 2.05) is 0 Å². The molecule has 0 fully saturated rings. The lowest BCUT2D eigenvalue weighted by Crippen LogP contribution is -2.29. The van der Waals surface area contributed by atoms with Crippen molar-refractivity contribution in [3.8, 4) is 0 Å². The Labute approximate surface area is 135 Å². The number of nitrogens with zero attached hydrogens (tertiary/aromatic N) is 4. The zero-order chi connectivity index (χ0) is 15.9. The molecule has 1 aromatic heterocycles. The van der Waals surface area contributed by atoms with Gasteiger partial charge >= 0.3 is 5.97 Å². The van der Waals surface area contributed by atoms with Gasteiger partial charge in [0.1, 0.15) is 6.04 Å². The number of ether oxygens (including phenoxy) is 1. The van der Waals surface area contributed by atoms with Crippen LogP contribution in [0.4, 0.5) is 5.95 Å². The van der Waals surface area contributed by atoms with Gasteiger partial charge in [-0.1, -0.05) is 34.4 Å². The summed E-state index contributed by atoms with van der Waals surface area (Å²) >= 11 is 12.6. The van der Waals surface area contributed by atoms with Crippen LogP contribution in [0.25, 0.3) is 0 Å². The number of hydrogen-bond donors (Lipinski definition) is 1. The highest BCUT2D eigenvalue weighted by Gasteiger charge is 2.36. The standard InChI is InChI=1S/C13H11Cl2N5O2/c1-6-9(12(21)22-2)11(20-13(16-6)17-18-19-20)10-7(14)4-3-5-8(10)15/h3-5,11H,1-2H3,(H,16,17,19)/t11-/m1/s1. The number of tetrazole rings is 1. The maximum Gasteiger partial charge on any atom is 0.338 e. The van der Waals surface area contributed by atoms with Gasteiger partial charge < -0.3 is 10.1 Å². The van der Waals surface area contributed by atoms with E-state index in [1.54, 1.807) is 25.1 Å². The van der Waals surface area contributed by atoms with Crippen LogP contribution in [-0.2, 0) is 9.53 Å². The van der Waals surface area contributed by atoms with Crippen LogP contribution in [0.15, 0.2) is 29.5 Å². The van der Waals surface area contributed by atoms with Crippen molar-refractivity contribution in [3.05, 3.63) is 45.1 Å². The average molecular weight is 340 g/mol. The lowest BCUT2D eigenvalue weighted by molar-refractivity contribution is -0.136. The Kier molecular flexibility index (Phi) is 3.76. The van der Waals surface area contributed by atoms with Gasteiger partial charge in [-0.25, -0.2) is 4.79 Å². The lowest BCUT2D eigenvalue weighted by Gasteiger charge is -2.28. The Morgan fingerprint density at radius 2 is 2.05 bits per heavy atom. The molecule has 22 heavy (non-hydrogen) atoms. The largest absolute Gasteiger partial charge is 0.466 e. The first kappa shape index (κ1) is 14.8. The minimum Gasteiger partial charge on any atom is -0.466 e. The number of benzene rings is 1. The van der Waals surface area contributed by atoms with E-state index in [2.05, 4.69) is 20.8 Å². The lowest BCUT2D eigenvalue weighted by atomic mass is 9.95. The van der Waals surface area contributed by atoms with Crippen molar-refractivity contribution >= 4 is 35.1 Å². The van der Waals surface area contributed by atoms with Crippen LogP contribution < -0.4 is 5.32 Å². The van der Waals surface area contributed by atoms with Gasteiger partial charge in [0.25, 0.3) is 0 Å². The summed E-state index contributed by atoms with van der Waals surface area (Å²) in [5.74, 6) is -0.113. The molecule has 1 N–H and O–H groups in total. The van der Waals surface area contributed by atoms with Crippen LogP contribution in [-0.4, -0.2) is 33.3 Å². The maximum atomic E-state index is 12.2. The molecule has 3 rings (SSSR count). The summed E-state index contributed by atoms with van der Waals surface area (Å²) in [6, 6.07) is 4.45. The molecule has 0 aliphatic carbocycles. The number of fused-ring (bicyclic) bond motifs is 1. The second-order valence-corrected chi connectivity index (χ2v) is 5.45. The minimum atomic E-state index is -0.667. The van der Waals surface area contributed by atoms with Crippen molar-refractivity contribution in [1.29, 1.82) is 0 Å². The van der Waals surface area contributed by atoms with Crippen LogP contribution in [0, 0.1) is 0 Å². The minimum absolute atomic E-state index is 0.345. The van der Waals surface area contributed by atoms with Gasteiger partial charge in [-0.15, -0.1) is 0 Å². The molecular weight excluding hydrogens is 329 g/mol. The third-order valence-electron chi connectivity index (χ3n) is 3.39. The second-order valence-electron chi connectivity index (χ2n) is 4.64. The normalized spacial score (nSPS) is 17.0. The molecule has 0 unspecified atom stereocenters. The number of esters is 1. The number of hydrogen-bond acceptors (Lipinski definition) is 6. The molecule has 0 saturated heterocycles. The smallest absolute Gasteiger partial charge is 0.338 e. The van der Waals surface area contributed by atoms with Crippen LogP contribution in [0.1, 0.15) is 18.5 Å². The van der Waals surface area contributed by atoms with Gasteiger partial charge in [-0.3, -0.25) is 0 Å². The molecular formula is C13H11Cl2N5O2. The first-order valence-electron chi connectivity index (χ1n) is 6.32. The molecule has 2 aromatic rings. The number of methoxy groups -OCH3 is 1. The zero-order valence-corrected chi connectivity index (χ0v) is 13.2. The third-order valence-corrected chi connectivity index (χ3v) is 4.05. The van der Waals surface area contributed by atoms with Crippen LogP contribution >= 0.6 is 23.2 Å². The Bertz CT molecular complexity index is 766. The quantitative estimate of drug-likeness (QED) is 0.846. The highest BCUT2D eigenvalue weighted by Crippen LogP contribution is 2.40. The summed E-state index contributed by atoms with van der Waals surface area (Å²) in [6.45, 7) is 1.74. The van der Waals surface area contributed by atoms with Gasteiger partial charge in [0.15, 0.2) is 0 Å². The Hall–Kier alpha value is -2.12. The number of rotatable bonds is 2. The van der Waals surface area contributed by atoms with Gasteiger partial charge in [-0.2, -0.15) is 4.68 Å². The number of aromatic nitrogens is 4. The second kappa shape index (κ2) is 5.58. The summed E-state index contributed by atoms with van der Waals surface area (Å²) in [6.07, 6.45) is 0. The topological polar surface area (TPSA) is 81.9 Å². The molecule has 1 aromatic carbocycles. The van der Waals surface area contributed by atoms with Crippen LogP contribution in [0.2, 0.25) is 10.0 Å². The van der Waals surface area contributed by atoms with E-state index in [0.717, 1.165) is 0 Å². The van der Waals surface area contributed by atoms with E-state index in [9.17, 15) is 4.79 Å². The Morgan fingerprint density at radius 3 is 2.68 bits per heavy atom. The number of nitrogens with one attached hydrogen (secondary N) is 1. The SMILES string of the molecule is COC(=O)C1=C(C)Nc2nnnn2[C@H]1c1c(Cl)cccc1Cl. The van der Waals surface area contributed by atoms with E-state index in [0.29, 0.717) is 32.8 Å². The fourth-order valence-electron chi connectivity index (χ4n) is 2.43. The summed E-state index contributed by atoms with van der Waals surface area (Å²) in [5, 5.41) is 15.2. The molecule has 2 heterocycles. The maximum absolute atomic E-state index is 12.2. The number of halogens is 2. The van der Waals surface area contributed by atoms with E-state index >= 15 is 0 Å². The Balaban J connectivity index is 2.28. The summed E-state index contributed by atoms with van der Waals surface area (Å²) in [4.78, 5) is 12.2. The fourth-order valence-corrected chi connectivity index (χ4v) is 3.03. The molecule has 0 saturated carbocycles. The molecule has 0 radical (unpaired) electrons. The molecule has 114 valence electrons. The summed E-state index contributed by atoms with van der Waals surface area (Å²) < 4.78 is 6.33. The van der Waals surface area contributed by atoms with Crippen molar-refractivity contribution in [3.63, 3.8) is 0 Å². The molecule has 0 bridgehead atoms. The molecule has 9 heteroatoms. The van der Waals surface area contributed by atoms with Crippen molar-refractivity contribution in [2.45, 2.75) is 13.0 Å². The fraction of sp³-hybridized carbons (Fsp3) is 0.231. The molecule has 0 spiro atoms. The van der Waals surface area contributed by atoms with Crippen molar-refractivity contribution < 1.29 is 9.53 Å². The monoisotopic (exact) mass is 339 g/mol. The van der Waals surface area contributed by atoms with Gasteiger partial charge in [0, 0.05) is 21.3 Å². The predicted octanol–water partition coefficient (Wildman–Crippen LogP) is 2.44. The number of allylic oxidation sites excluding steroid dienone is 1. The first-order chi connectivity index (χ1) is 10.5. The van der Waals surface area contributed by atoms with Crippen molar-refractivity contribution in [2.24, 2.45) is 0 Å². The van der Waals surface area contributed by atoms with E-state index < -0.39 is 12.0 Å². The predicted molar refractivity (Wildman–Crippen MR) is 80.8 cm³/mol. The van der Waals surface area contributed by atoms with Crippen LogP contribution in [0.3, 0.4) is 0 Å². The van der Waals surface area contributed by atoms with Gasteiger partial charge in [-0.05, 0) is 29.5 Å². The zero-order valence-electron chi connectivity index (χ0n) is 11.7. The third kappa shape index (κ3) is 2.22.